The third kappa shape index (κ3) is 2.84. The highest BCUT2D eigenvalue weighted by Crippen LogP contribution is 2.19. The number of rotatable bonds is 4. The van der Waals surface area contributed by atoms with Gasteiger partial charge in [0.2, 0.25) is 0 Å². The van der Waals surface area contributed by atoms with E-state index in [0.717, 1.165) is 16.9 Å². The van der Waals surface area contributed by atoms with Gasteiger partial charge in [0.05, 0.1) is 18.3 Å². The molecule has 4 nitrogen and oxygen atoms in total. The number of carboxylic acids is 1. The fraction of sp³-hybridized carbons (Fsp3) is 0.333. The molecule has 0 fully saturated rings. The molecule has 1 N–H and O–H groups in total. The van der Waals surface area contributed by atoms with Gasteiger partial charge in [0.1, 0.15) is 0 Å². The van der Waals surface area contributed by atoms with Crippen LogP contribution in [0, 0.1) is 6.92 Å². The number of nitrogens with zero attached hydrogens (tertiary/aromatic N) is 2. The Morgan fingerprint density at radius 1 is 1.32 bits per heavy atom. The zero-order valence-electron chi connectivity index (χ0n) is 11.4. The Hall–Kier alpha value is -2.10. The summed E-state index contributed by atoms with van der Waals surface area (Å²) in [5.74, 6) is -0.340. The lowest BCUT2D eigenvalue weighted by Crippen LogP contribution is -2.03. The summed E-state index contributed by atoms with van der Waals surface area (Å²) >= 11 is 0. The third-order valence-corrected chi connectivity index (χ3v) is 3.26. The highest BCUT2D eigenvalue weighted by Gasteiger charge is 2.11. The van der Waals surface area contributed by atoms with Gasteiger partial charge in [-0.2, -0.15) is 5.10 Å². The van der Waals surface area contributed by atoms with E-state index in [0.29, 0.717) is 5.92 Å². The Bertz CT molecular complexity index is 583. The van der Waals surface area contributed by atoms with Crippen LogP contribution in [0.2, 0.25) is 0 Å². The third-order valence-electron chi connectivity index (χ3n) is 3.26. The second-order valence-corrected chi connectivity index (χ2v) is 4.98. The molecular formula is C15H18N2O2. The smallest absolute Gasteiger partial charge is 0.307 e. The predicted molar refractivity (Wildman–Crippen MR) is 73.7 cm³/mol. The van der Waals surface area contributed by atoms with Gasteiger partial charge < -0.3 is 5.11 Å². The lowest BCUT2D eigenvalue weighted by Gasteiger charge is -2.08. The Morgan fingerprint density at radius 2 is 1.95 bits per heavy atom. The Labute approximate surface area is 112 Å². The van der Waals surface area contributed by atoms with Crippen molar-refractivity contribution in [3.05, 3.63) is 47.3 Å². The summed E-state index contributed by atoms with van der Waals surface area (Å²) in [6, 6.07) is 8.19. The summed E-state index contributed by atoms with van der Waals surface area (Å²) in [5, 5.41) is 13.1. The molecule has 0 bridgehead atoms. The average Bonchev–Trinajstić information content (AvgIpc) is 2.70. The molecule has 2 aromatic rings. The van der Waals surface area contributed by atoms with Crippen LogP contribution in [0.1, 0.15) is 36.6 Å². The van der Waals surface area contributed by atoms with Gasteiger partial charge >= 0.3 is 5.97 Å². The van der Waals surface area contributed by atoms with Crippen molar-refractivity contribution in [3.8, 4) is 5.69 Å². The van der Waals surface area contributed by atoms with Gasteiger partial charge in [0, 0.05) is 11.3 Å². The van der Waals surface area contributed by atoms with Crippen molar-refractivity contribution in [1.29, 1.82) is 0 Å². The predicted octanol–water partition coefficient (Wildman–Crippen LogP) is 2.93. The first kappa shape index (κ1) is 13.3. The van der Waals surface area contributed by atoms with Crippen LogP contribution in [-0.4, -0.2) is 20.9 Å². The van der Waals surface area contributed by atoms with Gasteiger partial charge in [-0.1, -0.05) is 26.0 Å². The van der Waals surface area contributed by atoms with Gasteiger partial charge in [0.15, 0.2) is 0 Å². The highest BCUT2D eigenvalue weighted by atomic mass is 16.4. The molecule has 0 saturated carbocycles. The second kappa shape index (κ2) is 5.26. The van der Waals surface area contributed by atoms with E-state index in [1.807, 2.05) is 19.1 Å². The molecule has 4 heteroatoms. The van der Waals surface area contributed by atoms with Crippen molar-refractivity contribution in [2.75, 3.05) is 0 Å². The van der Waals surface area contributed by atoms with E-state index in [4.69, 9.17) is 5.11 Å². The number of benzene rings is 1. The van der Waals surface area contributed by atoms with Gasteiger partial charge in [-0.15, -0.1) is 0 Å². The molecule has 0 amide bonds. The topological polar surface area (TPSA) is 55.1 Å². The van der Waals surface area contributed by atoms with E-state index >= 15 is 0 Å². The monoisotopic (exact) mass is 258 g/mol. The fourth-order valence-electron chi connectivity index (χ4n) is 2.04. The molecule has 2 rings (SSSR count). The van der Waals surface area contributed by atoms with Gasteiger partial charge in [-0.3, -0.25) is 4.79 Å². The lowest BCUT2D eigenvalue weighted by atomic mass is 10.0. The molecule has 19 heavy (non-hydrogen) atoms. The summed E-state index contributed by atoms with van der Waals surface area (Å²) in [4.78, 5) is 10.7. The van der Waals surface area contributed by atoms with Crippen molar-refractivity contribution in [3.63, 3.8) is 0 Å². The van der Waals surface area contributed by atoms with E-state index in [9.17, 15) is 4.79 Å². The van der Waals surface area contributed by atoms with Crippen molar-refractivity contribution in [2.24, 2.45) is 0 Å². The van der Waals surface area contributed by atoms with Crippen LogP contribution in [0.5, 0.6) is 0 Å². The van der Waals surface area contributed by atoms with E-state index in [1.54, 1.807) is 10.9 Å². The van der Waals surface area contributed by atoms with Crippen LogP contribution in [0.25, 0.3) is 5.69 Å². The summed E-state index contributed by atoms with van der Waals surface area (Å²) in [5.41, 5.74) is 3.86. The zero-order chi connectivity index (χ0) is 14.0. The second-order valence-electron chi connectivity index (χ2n) is 4.98. The molecule has 100 valence electrons. The SMILES string of the molecule is Cc1c(CC(=O)O)cnn1-c1ccc(C(C)C)cc1. The Balaban J connectivity index is 2.31. The molecule has 1 heterocycles. The molecule has 0 saturated heterocycles. The molecule has 0 unspecified atom stereocenters. The number of aliphatic carboxylic acids is 1. The molecule has 0 aliphatic heterocycles. The molecule has 0 aliphatic rings. The maximum atomic E-state index is 10.7. The van der Waals surface area contributed by atoms with E-state index in [-0.39, 0.29) is 6.42 Å². The summed E-state index contributed by atoms with van der Waals surface area (Å²) in [6.07, 6.45) is 1.63. The van der Waals surface area contributed by atoms with Crippen LogP contribution >= 0.6 is 0 Å². The summed E-state index contributed by atoms with van der Waals surface area (Å²) in [7, 11) is 0. The van der Waals surface area contributed by atoms with Crippen molar-refractivity contribution in [2.45, 2.75) is 33.1 Å². The first-order valence-corrected chi connectivity index (χ1v) is 6.34. The van der Waals surface area contributed by atoms with E-state index < -0.39 is 5.97 Å². The number of hydrogen-bond donors (Lipinski definition) is 1. The van der Waals surface area contributed by atoms with Crippen molar-refractivity contribution in [1.82, 2.24) is 9.78 Å². The zero-order valence-corrected chi connectivity index (χ0v) is 11.4. The van der Waals surface area contributed by atoms with E-state index in [1.165, 1.54) is 5.56 Å². The largest absolute Gasteiger partial charge is 0.481 e. The Morgan fingerprint density at radius 3 is 2.47 bits per heavy atom. The number of hydrogen-bond acceptors (Lipinski definition) is 2. The molecule has 0 spiro atoms. The lowest BCUT2D eigenvalue weighted by molar-refractivity contribution is -0.136. The van der Waals surface area contributed by atoms with Gasteiger partial charge in [-0.25, -0.2) is 4.68 Å². The molecular weight excluding hydrogens is 240 g/mol. The van der Waals surface area contributed by atoms with Crippen LogP contribution in [-0.2, 0) is 11.2 Å². The van der Waals surface area contributed by atoms with Gasteiger partial charge in [-0.05, 0) is 30.5 Å². The maximum absolute atomic E-state index is 10.7. The molecule has 1 aromatic carbocycles. The van der Waals surface area contributed by atoms with Crippen LogP contribution in [0.4, 0.5) is 0 Å². The number of carbonyl (C=O) groups is 1. The van der Waals surface area contributed by atoms with Crippen LogP contribution in [0.3, 0.4) is 0 Å². The summed E-state index contributed by atoms with van der Waals surface area (Å²) in [6.45, 7) is 6.19. The number of aromatic nitrogens is 2. The molecule has 0 radical (unpaired) electrons. The normalized spacial score (nSPS) is 10.9. The highest BCUT2D eigenvalue weighted by molar-refractivity contribution is 5.70. The number of carboxylic acid groups (broad SMARTS) is 1. The molecule has 1 aromatic heterocycles. The average molecular weight is 258 g/mol. The van der Waals surface area contributed by atoms with E-state index in [2.05, 4.69) is 31.1 Å². The minimum absolute atomic E-state index is 0.00983. The standard InChI is InChI=1S/C15H18N2O2/c1-10(2)12-4-6-14(7-5-12)17-11(3)13(9-16-17)8-15(18)19/h4-7,9-10H,8H2,1-3H3,(H,18,19). The fourth-order valence-corrected chi connectivity index (χ4v) is 2.04. The minimum Gasteiger partial charge on any atom is -0.481 e. The maximum Gasteiger partial charge on any atom is 0.307 e. The minimum atomic E-state index is -0.835. The van der Waals surface area contributed by atoms with Gasteiger partial charge in [0.25, 0.3) is 0 Å². The Kier molecular flexibility index (Phi) is 3.69. The summed E-state index contributed by atoms with van der Waals surface area (Å²) < 4.78 is 1.78. The van der Waals surface area contributed by atoms with Crippen LogP contribution < -0.4 is 0 Å². The van der Waals surface area contributed by atoms with Crippen molar-refractivity contribution < 1.29 is 9.90 Å². The molecule has 0 atom stereocenters. The first-order valence-electron chi connectivity index (χ1n) is 6.34. The molecule has 0 aliphatic carbocycles. The first-order chi connectivity index (χ1) is 8.99. The van der Waals surface area contributed by atoms with Crippen molar-refractivity contribution >= 4 is 5.97 Å². The quantitative estimate of drug-likeness (QED) is 0.917. The van der Waals surface area contributed by atoms with Crippen LogP contribution in [0.15, 0.2) is 30.5 Å².